The van der Waals surface area contributed by atoms with Crippen molar-refractivity contribution in [1.29, 1.82) is 5.26 Å². The minimum atomic E-state index is -0.360. The van der Waals surface area contributed by atoms with Crippen molar-refractivity contribution >= 4 is 15.9 Å². The second-order valence-corrected chi connectivity index (χ2v) is 4.76. The molecule has 0 spiro atoms. The van der Waals surface area contributed by atoms with Crippen LogP contribution in [0.4, 0.5) is 0 Å². The number of nitriles is 1. The number of aromatic nitrogens is 1. The molecule has 0 fully saturated rings. The summed E-state index contributed by atoms with van der Waals surface area (Å²) in [6.45, 7) is 0.139. The number of halogens is 1. The first-order valence-corrected chi connectivity index (χ1v) is 6.30. The highest BCUT2D eigenvalue weighted by Gasteiger charge is 2.09. The van der Waals surface area contributed by atoms with Crippen LogP contribution in [0, 0.1) is 23.7 Å². The fourth-order valence-corrected chi connectivity index (χ4v) is 2.05. The molecule has 0 saturated carbocycles. The molecule has 0 amide bonds. The van der Waals surface area contributed by atoms with Crippen molar-refractivity contribution in [2.75, 3.05) is 0 Å². The van der Waals surface area contributed by atoms with Gasteiger partial charge in [0, 0.05) is 4.47 Å². The zero-order valence-corrected chi connectivity index (χ0v) is 11.5. The van der Waals surface area contributed by atoms with Crippen LogP contribution in [-0.4, -0.2) is 4.57 Å². The molecule has 0 N–H and O–H groups in total. The monoisotopic (exact) mass is 312 g/mol. The number of nitrogens with zero attached hydrogens (tertiary/aromatic N) is 2. The molecule has 1 aromatic heterocycles. The van der Waals surface area contributed by atoms with Gasteiger partial charge in [-0.15, -0.1) is 6.42 Å². The van der Waals surface area contributed by atoms with Gasteiger partial charge in [0.1, 0.15) is 11.6 Å². The fraction of sp³-hybridized carbons (Fsp3) is 0.0667. The van der Waals surface area contributed by atoms with Crippen molar-refractivity contribution in [2.45, 2.75) is 6.54 Å². The van der Waals surface area contributed by atoms with E-state index in [0.29, 0.717) is 5.69 Å². The lowest BCUT2D eigenvalue weighted by molar-refractivity contribution is 0.802. The van der Waals surface area contributed by atoms with Gasteiger partial charge in [-0.05, 0) is 29.8 Å². The Morgan fingerprint density at radius 3 is 2.47 bits per heavy atom. The van der Waals surface area contributed by atoms with E-state index in [-0.39, 0.29) is 17.7 Å². The van der Waals surface area contributed by atoms with Crippen molar-refractivity contribution in [3.05, 3.63) is 56.8 Å². The molecule has 3 nitrogen and oxygen atoms in total. The molecule has 1 aromatic carbocycles. The molecular weight excluding hydrogens is 304 g/mol. The molecule has 92 valence electrons. The Morgan fingerprint density at radius 2 is 1.89 bits per heavy atom. The van der Waals surface area contributed by atoms with E-state index in [2.05, 4.69) is 21.9 Å². The van der Waals surface area contributed by atoms with E-state index in [1.807, 2.05) is 30.3 Å². The smallest absolute Gasteiger partial charge is 0.269 e. The van der Waals surface area contributed by atoms with Gasteiger partial charge in [0.15, 0.2) is 0 Å². The highest BCUT2D eigenvalue weighted by Crippen LogP contribution is 2.21. The zero-order valence-electron chi connectivity index (χ0n) is 9.93. The van der Waals surface area contributed by atoms with Crippen molar-refractivity contribution < 1.29 is 0 Å². The van der Waals surface area contributed by atoms with Crippen LogP contribution in [-0.2, 0) is 6.54 Å². The van der Waals surface area contributed by atoms with Crippen molar-refractivity contribution in [3.63, 3.8) is 0 Å². The predicted octanol–water partition coefficient (Wildman–Crippen LogP) is 2.78. The largest absolute Gasteiger partial charge is 0.296 e. The van der Waals surface area contributed by atoms with Crippen LogP contribution < -0.4 is 5.56 Å². The first kappa shape index (κ1) is 13.1. The van der Waals surface area contributed by atoms with Gasteiger partial charge in [0.25, 0.3) is 5.56 Å². The second-order valence-electron chi connectivity index (χ2n) is 3.85. The Labute approximate surface area is 119 Å². The highest BCUT2D eigenvalue weighted by molar-refractivity contribution is 9.10. The molecule has 0 aliphatic heterocycles. The number of hydrogen-bond acceptors (Lipinski definition) is 2. The molecular formula is C15H9BrN2O. The molecule has 2 aromatic rings. The number of hydrogen-bond donors (Lipinski definition) is 0. The van der Waals surface area contributed by atoms with Crippen LogP contribution >= 0.6 is 15.9 Å². The molecule has 0 atom stereocenters. The van der Waals surface area contributed by atoms with Gasteiger partial charge in [-0.2, -0.15) is 5.26 Å². The molecule has 0 aliphatic carbocycles. The average Bonchev–Trinajstić information content (AvgIpc) is 2.42. The molecule has 0 unspecified atom stereocenters. The summed E-state index contributed by atoms with van der Waals surface area (Å²) in [5.74, 6) is 2.44. The third kappa shape index (κ3) is 2.59. The molecule has 0 saturated heterocycles. The lowest BCUT2D eigenvalue weighted by Crippen LogP contribution is -2.23. The summed E-state index contributed by atoms with van der Waals surface area (Å²) in [5.41, 5.74) is 1.31. The summed E-state index contributed by atoms with van der Waals surface area (Å²) in [6, 6.07) is 12.7. The second kappa shape index (κ2) is 5.56. The Hall–Kier alpha value is -2.30. The standard InChI is InChI=1S/C15H9BrN2O/c1-2-9-18-14(8-5-12(10-17)15(18)19)11-3-6-13(16)7-4-11/h1,3-8H,9H2. The van der Waals surface area contributed by atoms with Crippen molar-refractivity contribution in [2.24, 2.45) is 0 Å². The summed E-state index contributed by atoms with van der Waals surface area (Å²) in [4.78, 5) is 12.1. The van der Waals surface area contributed by atoms with Gasteiger partial charge in [0.2, 0.25) is 0 Å². The quantitative estimate of drug-likeness (QED) is 0.800. The van der Waals surface area contributed by atoms with Crippen LogP contribution in [0.5, 0.6) is 0 Å². The van der Waals surface area contributed by atoms with E-state index in [1.165, 1.54) is 10.6 Å². The molecule has 0 aliphatic rings. The Bertz CT molecular complexity index is 746. The topological polar surface area (TPSA) is 45.8 Å². The van der Waals surface area contributed by atoms with E-state index in [4.69, 9.17) is 11.7 Å². The maximum atomic E-state index is 12.1. The predicted molar refractivity (Wildman–Crippen MR) is 77.4 cm³/mol. The van der Waals surface area contributed by atoms with Crippen LogP contribution in [0.15, 0.2) is 45.7 Å². The van der Waals surface area contributed by atoms with Gasteiger partial charge >= 0.3 is 0 Å². The Balaban J connectivity index is 2.68. The SMILES string of the molecule is C#CCn1c(-c2ccc(Br)cc2)ccc(C#N)c1=O. The molecule has 2 rings (SSSR count). The number of terminal acetylenes is 1. The van der Waals surface area contributed by atoms with Crippen molar-refractivity contribution in [3.8, 4) is 29.7 Å². The normalized spacial score (nSPS) is 9.63. The minimum absolute atomic E-state index is 0.0936. The maximum Gasteiger partial charge on any atom is 0.269 e. The molecule has 4 heteroatoms. The van der Waals surface area contributed by atoms with E-state index in [9.17, 15) is 4.79 Å². The summed E-state index contributed by atoms with van der Waals surface area (Å²) in [7, 11) is 0. The first-order chi connectivity index (χ1) is 9.17. The van der Waals surface area contributed by atoms with Gasteiger partial charge in [-0.1, -0.05) is 34.0 Å². The maximum absolute atomic E-state index is 12.1. The molecule has 0 bridgehead atoms. The highest BCUT2D eigenvalue weighted by atomic mass is 79.9. The molecule has 19 heavy (non-hydrogen) atoms. The first-order valence-electron chi connectivity index (χ1n) is 5.50. The average molecular weight is 313 g/mol. The number of rotatable bonds is 2. The lowest BCUT2D eigenvalue weighted by Gasteiger charge is -2.10. The van der Waals surface area contributed by atoms with E-state index < -0.39 is 0 Å². The Kier molecular flexibility index (Phi) is 3.85. The van der Waals surface area contributed by atoms with Gasteiger partial charge in [-0.25, -0.2) is 0 Å². The van der Waals surface area contributed by atoms with E-state index >= 15 is 0 Å². The van der Waals surface area contributed by atoms with E-state index in [1.54, 1.807) is 6.07 Å². The van der Waals surface area contributed by atoms with Crippen LogP contribution in [0.25, 0.3) is 11.3 Å². The van der Waals surface area contributed by atoms with Gasteiger partial charge < -0.3 is 0 Å². The summed E-state index contributed by atoms with van der Waals surface area (Å²) in [6.07, 6.45) is 5.29. The van der Waals surface area contributed by atoms with Crippen LogP contribution in [0.3, 0.4) is 0 Å². The van der Waals surface area contributed by atoms with Crippen LogP contribution in [0.1, 0.15) is 5.56 Å². The summed E-state index contributed by atoms with van der Waals surface area (Å²) >= 11 is 3.36. The molecule has 1 heterocycles. The van der Waals surface area contributed by atoms with E-state index in [0.717, 1.165) is 10.0 Å². The fourth-order valence-electron chi connectivity index (χ4n) is 1.78. The third-order valence-electron chi connectivity index (χ3n) is 2.68. The molecule has 0 radical (unpaired) electrons. The summed E-state index contributed by atoms with van der Waals surface area (Å²) < 4.78 is 2.39. The number of benzene rings is 1. The third-order valence-corrected chi connectivity index (χ3v) is 3.21. The number of pyridine rings is 1. The lowest BCUT2D eigenvalue weighted by atomic mass is 10.1. The minimum Gasteiger partial charge on any atom is -0.296 e. The van der Waals surface area contributed by atoms with Gasteiger partial charge in [-0.3, -0.25) is 9.36 Å². The zero-order chi connectivity index (χ0) is 13.8. The van der Waals surface area contributed by atoms with Crippen LogP contribution in [0.2, 0.25) is 0 Å². The summed E-state index contributed by atoms with van der Waals surface area (Å²) in [5, 5.41) is 8.89. The Morgan fingerprint density at radius 1 is 1.21 bits per heavy atom. The van der Waals surface area contributed by atoms with Crippen molar-refractivity contribution in [1.82, 2.24) is 4.57 Å². The van der Waals surface area contributed by atoms with Gasteiger partial charge in [0.05, 0.1) is 12.2 Å².